The fourth-order valence-electron chi connectivity index (χ4n) is 2.64. The summed E-state index contributed by atoms with van der Waals surface area (Å²) in [5.41, 5.74) is 1.18. The number of hydrogen-bond donors (Lipinski definition) is 1. The first kappa shape index (κ1) is 17.7. The molecule has 2 rings (SSSR count). The number of Topliss-reactive ketones (excluding diaryl/α,β-unsaturated/α-hetero) is 1. The Balaban J connectivity index is 2.19. The Morgan fingerprint density at radius 2 is 2.00 bits per heavy atom. The molecule has 0 saturated carbocycles. The average Bonchev–Trinajstić information content (AvgIpc) is 2.54. The van der Waals surface area contributed by atoms with Crippen molar-refractivity contribution in [3.63, 3.8) is 0 Å². The van der Waals surface area contributed by atoms with E-state index in [2.05, 4.69) is 13.2 Å². The van der Waals surface area contributed by atoms with E-state index >= 15 is 0 Å². The highest BCUT2D eigenvalue weighted by Gasteiger charge is 2.22. The molecule has 0 radical (unpaired) electrons. The summed E-state index contributed by atoms with van der Waals surface area (Å²) >= 11 is 0. The summed E-state index contributed by atoms with van der Waals surface area (Å²) in [4.78, 5) is 27.2. The number of aliphatic carboxylic acids is 1. The topological polar surface area (TPSA) is 70.1 Å². The zero-order valence-electron chi connectivity index (χ0n) is 13.6. The highest BCUT2D eigenvalue weighted by atomic mass is 16.5. The monoisotopic (exact) mass is 330 g/mol. The second-order valence-electron chi connectivity index (χ2n) is 5.54. The van der Waals surface area contributed by atoms with Gasteiger partial charge in [0.05, 0.1) is 18.8 Å². The first-order valence-electron chi connectivity index (χ1n) is 7.76. The first-order valence-corrected chi connectivity index (χ1v) is 7.76. The molecule has 6 heteroatoms. The number of fused-ring (bicyclic) bond motifs is 1. The summed E-state index contributed by atoms with van der Waals surface area (Å²) in [7, 11) is 0. The lowest BCUT2D eigenvalue weighted by Gasteiger charge is -2.30. The molecule has 1 aliphatic rings. The van der Waals surface area contributed by atoms with Gasteiger partial charge in [-0.05, 0) is 18.2 Å². The molecule has 1 aromatic carbocycles. The number of carbonyl (C=O) groups excluding carboxylic acids is 1. The molecule has 24 heavy (non-hydrogen) atoms. The Morgan fingerprint density at radius 1 is 1.29 bits per heavy atom. The Labute approximate surface area is 141 Å². The van der Waals surface area contributed by atoms with Crippen molar-refractivity contribution in [1.29, 1.82) is 0 Å². The van der Waals surface area contributed by atoms with E-state index < -0.39 is 5.97 Å². The van der Waals surface area contributed by atoms with Gasteiger partial charge in [-0.15, -0.1) is 13.2 Å². The summed E-state index contributed by atoms with van der Waals surface area (Å²) in [6.45, 7) is 9.61. The number of ketones is 1. The van der Waals surface area contributed by atoms with E-state index in [-0.39, 0.29) is 18.9 Å². The van der Waals surface area contributed by atoms with Crippen LogP contribution in [0.25, 0.3) is 0 Å². The maximum atomic E-state index is 12.5. The number of carboxylic acid groups (broad SMARTS) is 1. The van der Waals surface area contributed by atoms with Gasteiger partial charge in [0.2, 0.25) is 0 Å². The van der Waals surface area contributed by atoms with Crippen LogP contribution in [0.5, 0.6) is 5.75 Å². The SMILES string of the molecule is C=CCN(CC=C)CC(=O)c1ccc2c(c1)N(CC(=O)O)CCO2. The van der Waals surface area contributed by atoms with E-state index in [9.17, 15) is 9.59 Å². The largest absolute Gasteiger partial charge is 0.490 e. The standard InChI is InChI=1S/C18H22N2O4/c1-3-7-19(8-4-2)12-16(21)14-5-6-17-15(11-14)20(9-10-24-17)13-18(22)23/h3-6,11H,1-2,7-10,12-13H2,(H,22,23). The molecule has 6 nitrogen and oxygen atoms in total. The minimum Gasteiger partial charge on any atom is -0.490 e. The number of rotatable bonds is 9. The predicted molar refractivity (Wildman–Crippen MR) is 93.0 cm³/mol. The van der Waals surface area contributed by atoms with Gasteiger partial charge in [0, 0.05) is 18.7 Å². The van der Waals surface area contributed by atoms with Crippen LogP contribution in [0.15, 0.2) is 43.5 Å². The minimum atomic E-state index is -0.914. The Hall–Kier alpha value is -2.60. The third kappa shape index (κ3) is 4.45. The van der Waals surface area contributed by atoms with Crippen LogP contribution in [0.3, 0.4) is 0 Å². The van der Waals surface area contributed by atoms with Gasteiger partial charge in [-0.1, -0.05) is 12.2 Å². The van der Waals surface area contributed by atoms with Gasteiger partial charge in [0.25, 0.3) is 0 Å². The molecule has 0 fully saturated rings. The van der Waals surface area contributed by atoms with Crippen LogP contribution in [0.1, 0.15) is 10.4 Å². The third-order valence-electron chi connectivity index (χ3n) is 3.71. The first-order chi connectivity index (χ1) is 11.5. The quantitative estimate of drug-likeness (QED) is 0.550. The second kappa shape index (κ2) is 8.31. The molecule has 0 aliphatic carbocycles. The summed E-state index contributed by atoms with van der Waals surface area (Å²) in [6.07, 6.45) is 3.48. The van der Waals surface area contributed by atoms with Crippen molar-refractivity contribution in [2.24, 2.45) is 0 Å². The Kier molecular flexibility index (Phi) is 6.14. The summed E-state index contributed by atoms with van der Waals surface area (Å²) in [5, 5.41) is 9.03. The Morgan fingerprint density at radius 3 is 2.62 bits per heavy atom. The summed E-state index contributed by atoms with van der Waals surface area (Å²) < 4.78 is 5.55. The second-order valence-corrected chi connectivity index (χ2v) is 5.54. The fourth-order valence-corrected chi connectivity index (χ4v) is 2.64. The van der Waals surface area contributed by atoms with Crippen molar-refractivity contribution in [1.82, 2.24) is 4.90 Å². The smallest absolute Gasteiger partial charge is 0.323 e. The lowest BCUT2D eigenvalue weighted by atomic mass is 10.1. The highest BCUT2D eigenvalue weighted by Crippen LogP contribution is 2.32. The van der Waals surface area contributed by atoms with Gasteiger partial charge in [-0.25, -0.2) is 0 Å². The van der Waals surface area contributed by atoms with Gasteiger partial charge in [0.15, 0.2) is 5.78 Å². The van der Waals surface area contributed by atoms with Gasteiger partial charge in [-0.3, -0.25) is 14.5 Å². The van der Waals surface area contributed by atoms with Crippen molar-refractivity contribution in [3.05, 3.63) is 49.1 Å². The maximum absolute atomic E-state index is 12.5. The number of nitrogens with zero attached hydrogens (tertiary/aromatic N) is 2. The molecule has 0 aromatic heterocycles. The predicted octanol–water partition coefficient (Wildman–Crippen LogP) is 1.83. The zero-order valence-corrected chi connectivity index (χ0v) is 13.6. The van der Waals surface area contributed by atoms with Gasteiger partial charge in [-0.2, -0.15) is 0 Å². The van der Waals surface area contributed by atoms with Crippen LogP contribution < -0.4 is 9.64 Å². The van der Waals surface area contributed by atoms with Gasteiger partial charge >= 0.3 is 5.97 Å². The van der Waals surface area contributed by atoms with Crippen molar-refractivity contribution in [3.8, 4) is 5.75 Å². The molecule has 0 amide bonds. The molecule has 128 valence electrons. The number of benzene rings is 1. The molecule has 0 spiro atoms. The van der Waals surface area contributed by atoms with Crippen molar-refractivity contribution in [2.75, 3.05) is 44.2 Å². The van der Waals surface area contributed by atoms with Gasteiger partial charge < -0.3 is 14.7 Å². The molecule has 1 aromatic rings. The molecular formula is C18H22N2O4. The van der Waals surface area contributed by atoms with Crippen LogP contribution >= 0.6 is 0 Å². The normalized spacial score (nSPS) is 13.1. The highest BCUT2D eigenvalue weighted by molar-refractivity contribution is 5.99. The fraction of sp³-hybridized carbons (Fsp3) is 0.333. The van der Waals surface area contributed by atoms with Crippen LogP contribution in [-0.4, -0.2) is 61.1 Å². The van der Waals surface area contributed by atoms with E-state index in [4.69, 9.17) is 9.84 Å². The number of ether oxygens (including phenoxy) is 1. The van der Waals surface area contributed by atoms with Crippen molar-refractivity contribution >= 4 is 17.4 Å². The lowest BCUT2D eigenvalue weighted by molar-refractivity contribution is -0.135. The van der Waals surface area contributed by atoms with Crippen LogP contribution in [0.4, 0.5) is 5.69 Å². The van der Waals surface area contributed by atoms with Crippen LogP contribution in [0, 0.1) is 0 Å². The summed E-state index contributed by atoms with van der Waals surface area (Å²) in [6, 6.07) is 5.15. The zero-order chi connectivity index (χ0) is 17.5. The van der Waals surface area contributed by atoms with Crippen molar-refractivity contribution < 1.29 is 19.4 Å². The maximum Gasteiger partial charge on any atom is 0.323 e. The number of anilines is 1. The van der Waals surface area contributed by atoms with Crippen LogP contribution in [-0.2, 0) is 4.79 Å². The number of carbonyl (C=O) groups is 2. The van der Waals surface area contributed by atoms with E-state index in [1.54, 1.807) is 35.3 Å². The molecule has 0 saturated heterocycles. The average molecular weight is 330 g/mol. The molecule has 0 unspecified atom stereocenters. The molecule has 1 heterocycles. The number of hydrogen-bond acceptors (Lipinski definition) is 5. The van der Waals surface area contributed by atoms with Gasteiger partial charge in [0.1, 0.15) is 18.9 Å². The third-order valence-corrected chi connectivity index (χ3v) is 3.71. The molecule has 1 N–H and O–H groups in total. The summed E-state index contributed by atoms with van der Waals surface area (Å²) in [5.74, 6) is -0.349. The van der Waals surface area contributed by atoms with Crippen LogP contribution in [0.2, 0.25) is 0 Å². The van der Waals surface area contributed by atoms with Crippen molar-refractivity contribution in [2.45, 2.75) is 0 Å². The van der Waals surface area contributed by atoms with E-state index in [0.29, 0.717) is 43.2 Å². The minimum absolute atomic E-state index is 0.0395. The lowest BCUT2D eigenvalue weighted by Crippen LogP contribution is -2.37. The van der Waals surface area contributed by atoms with E-state index in [1.165, 1.54) is 0 Å². The Bertz CT molecular complexity index is 632. The molecular weight excluding hydrogens is 308 g/mol. The number of carboxylic acids is 1. The molecule has 1 aliphatic heterocycles. The molecule has 0 atom stereocenters. The van der Waals surface area contributed by atoms with E-state index in [1.807, 2.05) is 4.90 Å². The molecule has 0 bridgehead atoms. The van der Waals surface area contributed by atoms with E-state index in [0.717, 1.165) is 0 Å².